The van der Waals surface area contributed by atoms with E-state index in [2.05, 4.69) is 78.9 Å². The van der Waals surface area contributed by atoms with E-state index in [9.17, 15) is 0 Å². The third-order valence-electron chi connectivity index (χ3n) is 7.38. The molecule has 0 atom stereocenters. The molecule has 4 nitrogen and oxygen atoms in total. The predicted molar refractivity (Wildman–Crippen MR) is 192 cm³/mol. The summed E-state index contributed by atoms with van der Waals surface area (Å²) in [7, 11) is -1.34. The number of aromatic nitrogens is 3. The summed E-state index contributed by atoms with van der Waals surface area (Å²) in [6, 6.07) is 28.1. The van der Waals surface area contributed by atoms with Crippen molar-refractivity contribution in [2.75, 3.05) is 0 Å². The number of aryl methyl sites for hydroxylation is 1. The van der Waals surface area contributed by atoms with Crippen LogP contribution in [0.2, 0.25) is 19.6 Å². The smallest absolute Gasteiger partial charge is 0.216 e. The largest absolute Gasteiger partial charge is 0.486 e. The molecule has 4 aromatic heterocycles. The average Bonchev–Trinajstić information content (AvgIpc) is 3.38. The summed E-state index contributed by atoms with van der Waals surface area (Å²) in [5.41, 5.74) is 7.17. The molecule has 0 aliphatic heterocycles. The molecule has 0 fully saturated rings. The van der Waals surface area contributed by atoms with E-state index in [4.69, 9.17) is 7.16 Å². The number of fused-ring (bicyclic) bond motifs is 3. The molecule has 1 radical (unpaired) electrons. The fraction of sp³-hybridized carbons (Fsp3) is 0.325. The van der Waals surface area contributed by atoms with Crippen molar-refractivity contribution in [1.29, 1.82) is 0 Å². The van der Waals surface area contributed by atoms with Crippen LogP contribution < -0.4 is 5.19 Å². The van der Waals surface area contributed by atoms with Gasteiger partial charge in [-0.3, -0.25) is 0 Å². The monoisotopic (exact) mass is 806 g/mol. The van der Waals surface area contributed by atoms with Crippen LogP contribution in [0, 0.1) is 30.4 Å². The molecule has 0 unspecified atom stereocenters. The Morgan fingerprint density at radius 1 is 0.913 bits per heavy atom. The van der Waals surface area contributed by atoms with Crippen LogP contribution in [0.4, 0.5) is 0 Å². The number of furan rings is 1. The Hall–Kier alpha value is -3.44. The van der Waals surface area contributed by atoms with E-state index in [0.717, 1.165) is 39.7 Å². The summed E-state index contributed by atoms with van der Waals surface area (Å²) in [6.07, 6.45) is 3.39. The maximum atomic E-state index is 8.55. The van der Waals surface area contributed by atoms with Crippen molar-refractivity contribution < 1.29 is 27.3 Å². The van der Waals surface area contributed by atoms with Crippen LogP contribution in [-0.2, 0) is 32.9 Å². The van der Waals surface area contributed by atoms with Crippen LogP contribution in [0.1, 0.15) is 54.2 Å². The summed E-state index contributed by atoms with van der Waals surface area (Å²) in [6.45, 7) is 19.4. The zero-order valence-electron chi connectivity index (χ0n) is 30.4. The molecule has 4 heterocycles. The fourth-order valence-corrected chi connectivity index (χ4v) is 7.05. The van der Waals surface area contributed by atoms with Gasteiger partial charge in [-0.2, -0.15) is 0 Å². The second kappa shape index (κ2) is 14.5. The fourth-order valence-electron chi connectivity index (χ4n) is 5.46. The normalized spacial score (nSPS) is 12.7. The van der Waals surface area contributed by atoms with Crippen LogP contribution in [-0.4, -0.2) is 23.0 Å². The van der Waals surface area contributed by atoms with Gasteiger partial charge in [-0.05, 0) is 65.8 Å². The number of rotatable bonds is 6. The molecule has 0 N–H and O–H groups in total. The molecule has 46 heavy (non-hydrogen) atoms. The Kier molecular flexibility index (Phi) is 10.3. The number of pyridine rings is 3. The minimum Gasteiger partial charge on any atom is -0.486 e. The maximum Gasteiger partial charge on any atom is 0.216 e. The van der Waals surface area contributed by atoms with Crippen molar-refractivity contribution in [2.24, 2.45) is 11.3 Å². The Balaban J connectivity index is 0.000000222. The van der Waals surface area contributed by atoms with Crippen molar-refractivity contribution in [1.82, 2.24) is 15.0 Å². The number of hydrogen-bond donors (Lipinski definition) is 0. The van der Waals surface area contributed by atoms with Gasteiger partial charge in [-0.1, -0.05) is 88.5 Å². The number of hydrogen-bond acceptors (Lipinski definition) is 4. The van der Waals surface area contributed by atoms with Crippen LogP contribution in [0.25, 0.3) is 44.6 Å². The molecule has 2 aromatic carbocycles. The van der Waals surface area contributed by atoms with Gasteiger partial charge < -0.3 is 14.4 Å². The van der Waals surface area contributed by atoms with Crippen LogP contribution in [0.15, 0.2) is 83.5 Å². The minimum atomic E-state index is -1.49. The van der Waals surface area contributed by atoms with E-state index >= 15 is 0 Å². The molecule has 6 rings (SSSR count). The molecule has 241 valence electrons. The van der Waals surface area contributed by atoms with Crippen molar-refractivity contribution in [2.45, 2.75) is 74.0 Å². The maximum absolute atomic E-state index is 8.55. The molecular weight excluding hydrogens is 759 g/mol. The van der Waals surface area contributed by atoms with Crippen molar-refractivity contribution in [3.05, 3.63) is 108 Å². The second-order valence-electron chi connectivity index (χ2n) is 14.2. The van der Waals surface area contributed by atoms with Gasteiger partial charge in [0.1, 0.15) is 0 Å². The van der Waals surface area contributed by atoms with Crippen molar-refractivity contribution in [3.63, 3.8) is 0 Å². The first-order valence-electron chi connectivity index (χ1n) is 16.7. The topological polar surface area (TPSA) is 51.8 Å². The van der Waals surface area contributed by atoms with E-state index in [-0.39, 0.29) is 20.1 Å². The van der Waals surface area contributed by atoms with E-state index in [1.807, 2.05) is 70.2 Å². The second-order valence-corrected chi connectivity index (χ2v) is 19.2. The molecular formula is C40H45IrN3OSi-2. The van der Waals surface area contributed by atoms with Gasteiger partial charge in [0.25, 0.3) is 0 Å². The van der Waals surface area contributed by atoms with Gasteiger partial charge in [0, 0.05) is 46.3 Å². The zero-order chi connectivity index (χ0) is 34.1. The first-order valence-corrected chi connectivity index (χ1v) is 19.2. The predicted octanol–water partition coefficient (Wildman–Crippen LogP) is 10.0. The Morgan fingerprint density at radius 3 is 2.37 bits per heavy atom. The van der Waals surface area contributed by atoms with Gasteiger partial charge in [-0.15, -0.1) is 54.1 Å². The van der Waals surface area contributed by atoms with Gasteiger partial charge >= 0.3 is 0 Å². The quantitative estimate of drug-likeness (QED) is 0.124. The summed E-state index contributed by atoms with van der Waals surface area (Å²) in [5.74, 6) is 0.667. The van der Waals surface area contributed by atoms with Gasteiger partial charge in [0.2, 0.25) is 5.71 Å². The summed E-state index contributed by atoms with van der Waals surface area (Å²) in [4.78, 5) is 13.6. The van der Waals surface area contributed by atoms with E-state index in [0.29, 0.717) is 28.5 Å². The third kappa shape index (κ3) is 8.67. The first-order chi connectivity index (χ1) is 22.1. The van der Waals surface area contributed by atoms with E-state index < -0.39 is 19.9 Å². The average molecular weight is 806 g/mol. The Bertz CT molecular complexity index is 2010. The molecule has 0 saturated heterocycles. The molecule has 0 saturated carbocycles. The number of nitrogens with zero attached hydrogens (tertiary/aromatic N) is 3. The van der Waals surface area contributed by atoms with Crippen LogP contribution in [0.3, 0.4) is 0 Å². The molecule has 0 aliphatic carbocycles. The molecule has 6 heteroatoms. The number of benzene rings is 2. The van der Waals surface area contributed by atoms with Gasteiger partial charge in [0.05, 0.1) is 13.7 Å². The first kappa shape index (κ1) is 32.5. The van der Waals surface area contributed by atoms with Gasteiger partial charge in [-0.25, -0.2) is 4.98 Å². The minimum absolute atomic E-state index is 0. The van der Waals surface area contributed by atoms with Crippen molar-refractivity contribution >= 4 is 35.3 Å². The standard InChI is InChI=1S/C22H21N2O.C18H24NSi.Ir/c1-14-8-9-17-16-6-5-7-18(20(16)25-21(17)24-14)19-12-15(10-11-23-19)13-22(2,3)4;1-14(2)11-16-12-17(15-9-7-6-8-10-15)19-13-18(16)20(3,4)5;/h5-6,8-12H,13H2,1-4H3;6-9,12-14H,11H2,1-5H3;/q2*-1;/i13D2;;. The van der Waals surface area contributed by atoms with E-state index in [1.165, 1.54) is 10.8 Å². The Labute approximate surface area is 292 Å². The summed E-state index contributed by atoms with van der Waals surface area (Å²) in [5, 5.41) is 3.40. The van der Waals surface area contributed by atoms with Gasteiger partial charge in [0.15, 0.2) is 0 Å². The summed E-state index contributed by atoms with van der Waals surface area (Å²) >= 11 is 0. The molecule has 0 aliphatic rings. The van der Waals surface area contributed by atoms with E-state index in [1.54, 1.807) is 18.3 Å². The Morgan fingerprint density at radius 2 is 1.70 bits per heavy atom. The third-order valence-corrected chi connectivity index (χ3v) is 9.45. The van der Waals surface area contributed by atoms with Crippen molar-refractivity contribution in [3.8, 4) is 22.5 Å². The SMILES string of the molecule is CC(C)Cc1cc(-c2[c-]cccc2)ncc1[Si](C)(C)C.[2H]C([2H])(c1ccnc(-c2[c-]ccc3c2oc2nc(C)ccc23)c1)C(C)(C)C.[Ir]. The molecule has 0 bridgehead atoms. The molecule has 0 amide bonds. The zero-order valence-corrected chi connectivity index (χ0v) is 31.8. The van der Waals surface area contributed by atoms with Crippen LogP contribution in [0.5, 0.6) is 0 Å². The molecule has 0 spiro atoms. The summed E-state index contributed by atoms with van der Waals surface area (Å²) < 4.78 is 23.1. The molecule has 6 aromatic rings. The van der Waals surface area contributed by atoms with Crippen LogP contribution >= 0.6 is 0 Å².